The van der Waals surface area contributed by atoms with E-state index in [1.54, 1.807) is 0 Å². The van der Waals surface area contributed by atoms with Crippen LogP contribution in [-0.4, -0.2) is 69.0 Å². The molecule has 0 amide bonds. The molecule has 1 fully saturated rings. The molecule has 1 saturated heterocycles. The van der Waals surface area contributed by atoms with E-state index in [-0.39, 0.29) is 0 Å². The van der Waals surface area contributed by atoms with Crippen molar-refractivity contribution in [2.45, 2.75) is 45.4 Å². The summed E-state index contributed by atoms with van der Waals surface area (Å²) in [6.07, 6.45) is 9.49. The fraction of sp³-hybridized carbons (Fsp3) is 0.484. The first-order valence-electron chi connectivity index (χ1n) is 13.7. The summed E-state index contributed by atoms with van der Waals surface area (Å²) >= 11 is 0. The molecule has 1 aliphatic rings. The van der Waals surface area contributed by atoms with Gasteiger partial charge in [-0.15, -0.1) is 0 Å². The third-order valence-corrected chi connectivity index (χ3v) is 6.88. The van der Waals surface area contributed by atoms with Crippen LogP contribution in [0, 0.1) is 11.3 Å². The lowest BCUT2D eigenvalue weighted by atomic mass is 10.1. The Morgan fingerprint density at radius 1 is 1.05 bits per heavy atom. The van der Waals surface area contributed by atoms with Crippen LogP contribution in [0.15, 0.2) is 54.6 Å². The number of carbonyl (C=O) groups excluding carboxylic acids is 1. The molecule has 0 aromatic heterocycles. The number of likely N-dealkylation sites (N-methyl/N-ethyl adjacent to an activating group) is 1. The van der Waals surface area contributed by atoms with E-state index >= 15 is 0 Å². The van der Waals surface area contributed by atoms with Crippen molar-refractivity contribution in [2.75, 3.05) is 57.8 Å². The zero-order chi connectivity index (χ0) is 26.3. The first-order valence-corrected chi connectivity index (χ1v) is 13.7. The number of hydrogen-bond acceptors (Lipinski definition) is 6. The maximum atomic E-state index is 11.5. The molecule has 0 saturated carbocycles. The number of ether oxygens (including phenoxy) is 1. The number of anilines is 1. The molecule has 2 aromatic carbocycles. The molecule has 0 radical (unpaired) electrons. The topological polar surface area (TPSA) is 59.8 Å². The van der Waals surface area contributed by atoms with Crippen LogP contribution in [0.4, 0.5) is 5.69 Å². The Labute approximate surface area is 223 Å². The molecule has 0 bridgehead atoms. The first-order chi connectivity index (χ1) is 18.1. The lowest BCUT2D eigenvalue weighted by Gasteiger charge is -2.29. The molecule has 0 spiro atoms. The highest BCUT2D eigenvalue weighted by molar-refractivity contribution is 5.67. The zero-order valence-corrected chi connectivity index (χ0v) is 22.6. The summed E-state index contributed by atoms with van der Waals surface area (Å²) in [6.45, 7) is 8.27. The maximum absolute atomic E-state index is 11.5. The number of piperidine rings is 1. The molecule has 2 aromatic rings. The third-order valence-electron chi connectivity index (χ3n) is 6.88. The van der Waals surface area contributed by atoms with Gasteiger partial charge in [0.1, 0.15) is 12.0 Å². The van der Waals surface area contributed by atoms with E-state index in [2.05, 4.69) is 52.9 Å². The van der Waals surface area contributed by atoms with Gasteiger partial charge in [0.25, 0.3) is 0 Å². The summed E-state index contributed by atoms with van der Waals surface area (Å²) < 4.78 is 5.98. The number of carbonyl (C=O) groups is 1. The third kappa shape index (κ3) is 9.26. The van der Waals surface area contributed by atoms with Gasteiger partial charge in [0.15, 0.2) is 0 Å². The minimum absolute atomic E-state index is 0.337. The number of allylic oxidation sites excluding steroid dienone is 1. The van der Waals surface area contributed by atoms with Crippen molar-refractivity contribution in [1.82, 2.24) is 9.80 Å². The van der Waals surface area contributed by atoms with Crippen LogP contribution in [0.2, 0.25) is 0 Å². The van der Waals surface area contributed by atoms with E-state index in [4.69, 9.17) is 10.00 Å². The molecule has 0 N–H and O–H groups in total. The molecule has 198 valence electrons. The molecule has 6 nitrogen and oxygen atoms in total. The van der Waals surface area contributed by atoms with Gasteiger partial charge in [0.2, 0.25) is 0 Å². The van der Waals surface area contributed by atoms with Crippen molar-refractivity contribution in [3.63, 3.8) is 0 Å². The molecule has 0 aliphatic carbocycles. The fourth-order valence-corrected chi connectivity index (χ4v) is 4.77. The summed E-state index contributed by atoms with van der Waals surface area (Å²) in [5, 5.41) is 8.94. The van der Waals surface area contributed by atoms with E-state index < -0.39 is 0 Å². The van der Waals surface area contributed by atoms with E-state index in [0.717, 1.165) is 73.6 Å². The Morgan fingerprint density at radius 3 is 2.43 bits per heavy atom. The van der Waals surface area contributed by atoms with Crippen LogP contribution in [-0.2, 0) is 11.2 Å². The standard InChI is InChI=1S/C31H42N4O2/c1-3-8-31(28-11-9-27(10-12-28)17-18-32)35(24-25-36)23-22-33(2)29-13-15-30(16-14-29)37-26-7-21-34-19-5-4-6-20-34/h8-16,25H,3-7,17,19-24,26H2,1-2H3/b31-8+. The van der Waals surface area contributed by atoms with Crippen LogP contribution >= 0.6 is 0 Å². The van der Waals surface area contributed by atoms with Crippen LogP contribution in [0.3, 0.4) is 0 Å². The number of likely N-dealkylation sites (tertiary alicyclic amines) is 1. The van der Waals surface area contributed by atoms with Gasteiger partial charge in [0.05, 0.1) is 25.6 Å². The number of aldehydes is 1. The second-order valence-electron chi connectivity index (χ2n) is 9.66. The van der Waals surface area contributed by atoms with Gasteiger partial charge >= 0.3 is 0 Å². The average molecular weight is 503 g/mol. The summed E-state index contributed by atoms with van der Waals surface area (Å²) in [7, 11) is 2.08. The minimum atomic E-state index is 0.337. The molecular weight excluding hydrogens is 460 g/mol. The number of benzene rings is 2. The highest BCUT2D eigenvalue weighted by Gasteiger charge is 2.13. The van der Waals surface area contributed by atoms with Gasteiger partial charge in [-0.25, -0.2) is 0 Å². The quantitative estimate of drug-likeness (QED) is 0.240. The summed E-state index contributed by atoms with van der Waals surface area (Å²) in [5.41, 5.74) is 4.24. The van der Waals surface area contributed by atoms with Gasteiger partial charge in [-0.05, 0) is 74.2 Å². The Balaban J connectivity index is 1.52. The zero-order valence-electron chi connectivity index (χ0n) is 22.6. The van der Waals surface area contributed by atoms with Crippen molar-refractivity contribution >= 4 is 17.7 Å². The summed E-state index contributed by atoms with van der Waals surface area (Å²) in [5.74, 6) is 0.909. The second kappa shape index (κ2) is 15.7. The van der Waals surface area contributed by atoms with Crippen LogP contribution in [0.25, 0.3) is 5.70 Å². The molecule has 0 unspecified atom stereocenters. The van der Waals surface area contributed by atoms with Gasteiger partial charge in [-0.3, -0.25) is 0 Å². The number of rotatable bonds is 15. The monoisotopic (exact) mass is 502 g/mol. The smallest absolute Gasteiger partial charge is 0.139 e. The minimum Gasteiger partial charge on any atom is -0.494 e. The Morgan fingerprint density at radius 2 is 1.78 bits per heavy atom. The van der Waals surface area contributed by atoms with Gasteiger partial charge in [0, 0.05) is 38.1 Å². The second-order valence-corrected chi connectivity index (χ2v) is 9.66. The molecule has 3 rings (SSSR count). The number of nitriles is 1. The van der Waals surface area contributed by atoms with Gasteiger partial charge in [-0.1, -0.05) is 43.7 Å². The van der Waals surface area contributed by atoms with Crippen molar-refractivity contribution in [1.29, 1.82) is 5.26 Å². The van der Waals surface area contributed by atoms with Crippen molar-refractivity contribution in [3.8, 4) is 11.8 Å². The van der Waals surface area contributed by atoms with Crippen molar-refractivity contribution in [3.05, 3.63) is 65.7 Å². The molecule has 0 atom stereocenters. The predicted octanol–water partition coefficient (Wildman–Crippen LogP) is 5.40. The molecule has 6 heteroatoms. The highest BCUT2D eigenvalue weighted by atomic mass is 16.5. The maximum Gasteiger partial charge on any atom is 0.139 e. The molecular formula is C31H42N4O2. The largest absolute Gasteiger partial charge is 0.494 e. The SMILES string of the molecule is CC/C=C(\c1ccc(CC#N)cc1)N(CC=O)CCN(C)c1ccc(OCCCN2CCCCC2)cc1. The summed E-state index contributed by atoms with van der Waals surface area (Å²) in [6, 6.07) is 18.5. The Hall–Kier alpha value is -3.30. The van der Waals surface area contributed by atoms with Gasteiger partial charge < -0.3 is 24.2 Å². The van der Waals surface area contributed by atoms with E-state index in [9.17, 15) is 4.79 Å². The normalized spacial score (nSPS) is 14.1. The van der Waals surface area contributed by atoms with Crippen LogP contribution < -0.4 is 9.64 Å². The van der Waals surface area contributed by atoms with Crippen LogP contribution in [0.1, 0.15) is 50.2 Å². The lowest BCUT2D eigenvalue weighted by Crippen LogP contribution is -2.33. The molecule has 1 aliphatic heterocycles. The van der Waals surface area contributed by atoms with Crippen molar-refractivity contribution < 1.29 is 9.53 Å². The van der Waals surface area contributed by atoms with Crippen LogP contribution in [0.5, 0.6) is 5.75 Å². The average Bonchev–Trinajstić information content (AvgIpc) is 2.94. The Bertz CT molecular complexity index is 1000. The van der Waals surface area contributed by atoms with Crippen molar-refractivity contribution in [2.24, 2.45) is 0 Å². The van der Waals surface area contributed by atoms with E-state index in [1.807, 2.05) is 36.4 Å². The fourth-order valence-electron chi connectivity index (χ4n) is 4.77. The first kappa shape index (κ1) is 28.3. The molecule has 1 heterocycles. The molecule has 37 heavy (non-hydrogen) atoms. The Kier molecular flexibility index (Phi) is 12.0. The van der Waals surface area contributed by atoms with E-state index in [1.165, 1.54) is 32.4 Å². The van der Waals surface area contributed by atoms with E-state index in [0.29, 0.717) is 13.0 Å². The number of hydrogen-bond donors (Lipinski definition) is 0. The highest BCUT2D eigenvalue weighted by Crippen LogP contribution is 2.22. The number of nitrogens with zero attached hydrogens (tertiary/aromatic N) is 4. The lowest BCUT2D eigenvalue weighted by molar-refractivity contribution is -0.108. The van der Waals surface area contributed by atoms with Gasteiger partial charge in [-0.2, -0.15) is 5.26 Å². The summed E-state index contributed by atoms with van der Waals surface area (Å²) in [4.78, 5) is 18.4. The predicted molar refractivity (Wildman–Crippen MR) is 152 cm³/mol.